The van der Waals surface area contributed by atoms with Crippen LogP contribution in [0.5, 0.6) is 0 Å². The number of benzene rings is 3. The summed E-state index contributed by atoms with van der Waals surface area (Å²) in [6, 6.07) is 23.4. The van der Waals surface area contributed by atoms with Crippen molar-refractivity contribution < 1.29 is 18.4 Å². The maximum atomic E-state index is 13.3. The molecule has 6 nitrogen and oxygen atoms in total. The lowest BCUT2D eigenvalue weighted by atomic mass is 10.1. The first kappa shape index (κ1) is 23.8. The molecule has 7 heteroatoms. The van der Waals surface area contributed by atoms with Gasteiger partial charge in [-0.3, -0.25) is 14.5 Å². The molecule has 0 saturated carbocycles. The zero-order valence-corrected chi connectivity index (χ0v) is 20.0. The van der Waals surface area contributed by atoms with Crippen molar-refractivity contribution in [1.82, 2.24) is 14.7 Å². The highest BCUT2D eigenvalue weighted by Crippen LogP contribution is 2.18. The number of halogens is 1. The first-order valence-electron chi connectivity index (χ1n) is 12.1. The summed E-state index contributed by atoms with van der Waals surface area (Å²) in [6.07, 6.45) is 1.48. The molecule has 4 aromatic rings. The van der Waals surface area contributed by atoms with Gasteiger partial charge in [0, 0.05) is 51.4 Å². The Hall–Kier alpha value is -3.97. The molecule has 0 unspecified atom stereocenters. The maximum Gasteiger partial charge on any atom is 0.289 e. The Kier molecular flexibility index (Phi) is 7.09. The molecule has 1 aliphatic rings. The number of furan rings is 1. The summed E-state index contributed by atoms with van der Waals surface area (Å²) >= 11 is 0. The van der Waals surface area contributed by atoms with E-state index in [4.69, 9.17) is 4.42 Å². The SMILES string of the molecule is O=C(c1ccc2ccccc2c1)N1CCN(CCN(Cc2ccc(F)cc2)C(=O)c2ccco2)CC1. The molecule has 2 heterocycles. The smallest absolute Gasteiger partial charge is 0.289 e. The molecule has 2 amide bonds. The van der Waals surface area contributed by atoms with Gasteiger partial charge in [0.15, 0.2) is 5.76 Å². The molecule has 1 aliphatic heterocycles. The van der Waals surface area contributed by atoms with Crippen molar-refractivity contribution in [2.45, 2.75) is 6.54 Å². The molecule has 0 N–H and O–H groups in total. The third-order valence-corrected chi connectivity index (χ3v) is 6.65. The van der Waals surface area contributed by atoms with Gasteiger partial charge in [-0.05, 0) is 52.7 Å². The van der Waals surface area contributed by atoms with E-state index in [1.165, 1.54) is 18.4 Å². The van der Waals surface area contributed by atoms with Gasteiger partial charge in [0.25, 0.3) is 11.8 Å². The largest absolute Gasteiger partial charge is 0.459 e. The van der Waals surface area contributed by atoms with E-state index in [1.807, 2.05) is 47.4 Å². The topological polar surface area (TPSA) is 57.0 Å². The van der Waals surface area contributed by atoms with E-state index >= 15 is 0 Å². The Labute approximate surface area is 209 Å². The third-order valence-electron chi connectivity index (χ3n) is 6.65. The van der Waals surface area contributed by atoms with Crippen LogP contribution in [0.4, 0.5) is 4.39 Å². The molecule has 184 valence electrons. The van der Waals surface area contributed by atoms with E-state index < -0.39 is 0 Å². The number of hydrogen-bond acceptors (Lipinski definition) is 4. The summed E-state index contributed by atoms with van der Waals surface area (Å²) in [5.41, 5.74) is 1.55. The van der Waals surface area contributed by atoms with E-state index in [-0.39, 0.29) is 23.4 Å². The van der Waals surface area contributed by atoms with E-state index in [0.717, 1.165) is 29.4 Å². The fourth-order valence-corrected chi connectivity index (χ4v) is 4.56. The maximum absolute atomic E-state index is 13.3. The summed E-state index contributed by atoms with van der Waals surface area (Å²) in [5.74, 6) is -0.178. The molecule has 1 fully saturated rings. The van der Waals surface area contributed by atoms with Gasteiger partial charge in [-0.15, -0.1) is 0 Å². The summed E-state index contributed by atoms with van der Waals surface area (Å²) in [7, 11) is 0. The van der Waals surface area contributed by atoms with Gasteiger partial charge in [0.1, 0.15) is 5.82 Å². The van der Waals surface area contributed by atoms with Crippen LogP contribution >= 0.6 is 0 Å². The lowest BCUT2D eigenvalue weighted by Gasteiger charge is -2.36. The predicted molar refractivity (Wildman–Crippen MR) is 136 cm³/mol. The number of carbonyl (C=O) groups excluding carboxylic acids is 2. The van der Waals surface area contributed by atoms with Crippen LogP contribution in [0, 0.1) is 5.82 Å². The third kappa shape index (κ3) is 5.47. The molecular formula is C29H28FN3O3. The lowest BCUT2D eigenvalue weighted by molar-refractivity contribution is 0.0589. The number of fused-ring (bicyclic) bond motifs is 1. The highest BCUT2D eigenvalue weighted by Gasteiger charge is 2.24. The molecule has 5 rings (SSSR count). The highest BCUT2D eigenvalue weighted by atomic mass is 19.1. The van der Waals surface area contributed by atoms with Gasteiger partial charge in [0.05, 0.1) is 6.26 Å². The normalized spacial score (nSPS) is 14.2. The minimum Gasteiger partial charge on any atom is -0.459 e. The molecule has 36 heavy (non-hydrogen) atoms. The van der Waals surface area contributed by atoms with Crippen molar-refractivity contribution in [3.05, 3.63) is 108 Å². The predicted octanol–water partition coefficient (Wildman–Crippen LogP) is 4.67. The first-order chi connectivity index (χ1) is 17.6. The van der Waals surface area contributed by atoms with Crippen molar-refractivity contribution in [3.8, 4) is 0 Å². The van der Waals surface area contributed by atoms with Crippen molar-refractivity contribution in [2.75, 3.05) is 39.3 Å². The number of piperazine rings is 1. The molecule has 0 aliphatic carbocycles. The van der Waals surface area contributed by atoms with Crippen LogP contribution in [0.1, 0.15) is 26.5 Å². The van der Waals surface area contributed by atoms with Crippen molar-refractivity contribution in [1.29, 1.82) is 0 Å². The highest BCUT2D eigenvalue weighted by molar-refractivity contribution is 5.98. The van der Waals surface area contributed by atoms with E-state index in [2.05, 4.69) is 4.90 Å². The van der Waals surface area contributed by atoms with Crippen LogP contribution in [-0.2, 0) is 6.54 Å². The van der Waals surface area contributed by atoms with Gasteiger partial charge >= 0.3 is 0 Å². The van der Waals surface area contributed by atoms with Gasteiger partial charge in [0.2, 0.25) is 0 Å². The second-order valence-electron chi connectivity index (χ2n) is 9.03. The second kappa shape index (κ2) is 10.7. The van der Waals surface area contributed by atoms with Crippen LogP contribution in [0.3, 0.4) is 0 Å². The fraction of sp³-hybridized carbons (Fsp3) is 0.241. The van der Waals surface area contributed by atoms with Crippen LogP contribution in [-0.4, -0.2) is 65.8 Å². The molecule has 3 aromatic carbocycles. The van der Waals surface area contributed by atoms with Gasteiger partial charge < -0.3 is 14.2 Å². The van der Waals surface area contributed by atoms with Gasteiger partial charge in [-0.2, -0.15) is 0 Å². The molecule has 0 spiro atoms. The lowest BCUT2D eigenvalue weighted by Crippen LogP contribution is -2.50. The van der Waals surface area contributed by atoms with Crippen molar-refractivity contribution >= 4 is 22.6 Å². The number of rotatable bonds is 7. The van der Waals surface area contributed by atoms with Crippen LogP contribution in [0.25, 0.3) is 10.8 Å². The Morgan fingerprint density at radius 1 is 0.861 bits per heavy atom. The average Bonchev–Trinajstić information content (AvgIpc) is 3.46. The molecule has 1 saturated heterocycles. The minimum absolute atomic E-state index is 0.0475. The number of hydrogen-bond donors (Lipinski definition) is 0. The number of nitrogens with zero attached hydrogens (tertiary/aromatic N) is 3. The Morgan fingerprint density at radius 3 is 2.33 bits per heavy atom. The van der Waals surface area contributed by atoms with Crippen LogP contribution in [0.15, 0.2) is 89.5 Å². The van der Waals surface area contributed by atoms with E-state index in [1.54, 1.807) is 29.2 Å². The van der Waals surface area contributed by atoms with E-state index in [0.29, 0.717) is 38.3 Å². The zero-order chi connectivity index (χ0) is 24.9. The van der Waals surface area contributed by atoms with Crippen molar-refractivity contribution in [3.63, 3.8) is 0 Å². The minimum atomic E-state index is -0.307. The Balaban J connectivity index is 1.18. The number of carbonyl (C=O) groups is 2. The van der Waals surface area contributed by atoms with Gasteiger partial charge in [-0.25, -0.2) is 4.39 Å². The standard InChI is InChI=1S/C29H28FN3O3/c30-26-11-7-22(8-12-26)21-33(29(35)27-6-3-19-36-27)18-15-31-13-16-32(17-14-31)28(34)25-10-9-23-4-1-2-5-24(23)20-25/h1-12,19-20H,13-18,21H2. The molecule has 0 bridgehead atoms. The summed E-state index contributed by atoms with van der Waals surface area (Å²) in [6.45, 7) is 4.27. The van der Waals surface area contributed by atoms with E-state index in [9.17, 15) is 14.0 Å². The molecule has 0 radical (unpaired) electrons. The summed E-state index contributed by atoms with van der Waals surface area (Å²) in [4.78, 5) is 32.0. The first-order valence-corrected chi connectivity index (χ1v) is 12.1. The second-order valence-corrected chi connectivity index (χ2v) is 9.03. The monoisotopic (exact) mass is 485 g/mol. The fourth-order valence-electron chi connectivity index (χ4n) is 4.56. The van der Waals surface area contributed by atoms with Crippen LogP contribution < -0.4 is 0 Å². The average molecular weight is 486 g/mol. The van der Waals surface area contributed by atoms with Crippen LogP contribution in [0.2, 0.25) is 0 Å². The number of amides is 2. The molecule has 0 atom stereocenters. The Morgan fingerprint density at radius 2 is 1.61 bits per heavy atom. The van der Waals surface area contributed by atoms with Gasteiger partial charge in [-0.1, -0.05) is 42.5 Å². The summed E-state index contributed by atoms with van der Waals surface area (Å²) in [5, 5.41) is 2.18. The van der Waals surface area contributed by atoms with Crippen molar-refractivity contribution in [2.24, 2.45) is 0 Å². The molecular weight excluding hydrogens is 457 g/mol. The quantitative estimate of drug-likeness (QED) is 0.382. The summed E-state index contributed by atoms with van der Waals surface area (Å²) < 4.78 is 18.7. The zero-order valence-electron chi connectivity index (χ0n) is 20.0. The molecule has 1 aromatic heterocycles. The Bertz CT molecular complexity index is 1330.